The Labute approximate surface area is 162 Å². The lowest BCUT2D eigenvalue weighted by atomic mass is 10.1. The summed E-state index contributed by atoms with van der Waals surface area (Å²) in [6.45, 7) is 1.59. The van der Waals surface area contributed by atoms with Crippen molar-refractivity contribution in [3.05, 3.63) is 51.4 Å². The summed E-state index contributed by atoms with van der Waals surface area (Å²) in [4.78, 5) is 26.5. The summed E-state index contributed by atoms with van der Waals surface area (Å²) in [5, 5.41) is 25.2. The van der Waals surface area contributed by atoms with Crippen LogP contribution in [0, 0.1) is 10.1 Å². The fraction of sp³-hybridized carbons (Fsp3) is 0.235. The minimum Gasteiger partial charge on any atom is -0.366 e. The van der Waals surface area contributed by atoms with Gasteiger partial charge in [0.1, 0.15) is 5.69 Å². The van der Waals surface area contributed by atoms with E-state index in [0.29, 0.717) is 10.8 Å². The molecule has 27 heavy (non-hydrogen) atoms. The van der Waals surface area contributed by atoms with E-state index in [1.54, 1.807) is 12.1 Å². The van der Waals surface area contributed by atoms with Crippen LogP contribution in [0.15, 0.2) is 35.7 Å². The highest BCUT2D eigenvalue weighted by Crippen LogP contribution is 2.33. The first-order valence-electron chi connectivity index (χ1n) is 8.34. The van der Waals surface area contributed by atoms with Crippen molar-refractivity contribution in [1.29, 1.82) is 0 Å². The first kappa shape index (κ1) is 17.6. The monoisotopic (exact) mass is 401 g/mol. The minimum atomic E-state index is -0.444. The lowest BCUT2D eigenvalue weighted by Crippen LogP contribution is -2.19. The third kappa shape index (κ3) is 3.67. The number of rotatable bonds is 5. The van der Waals surface area contributed by atoms with Gasteiger partial charge in [0, 0.05) is 24.7 Å². The zero-order chi connectivity index (χ0) is 18.8. The molecule has 1 aliphatic rings. The van der Waals surface area contributed by atoms with E-state index in [1.807, 2.05) is 22.4 Å². The summed E-state index contributed by atoms with van der Waals surface area (Å²) in [6.07, 6.45) is 2.03. The molecule has 0 atom stereocenters. The van der Waals surface area contributed by atoms with Crippen LogP contribution in [-0.4, -0.2) is 34.1 Å². The van der Waals surface area contributed by atoms with E-state index in [9.17, 15) is 14.9 Å². The number of thiophene rings is 1. The molecule has 1 aromatic carbocycles. The highest BCUT2D eigenvalue weighted by molar-refractivity contribution is 7.23. The van der Waals surface area contributed by atoms with Crippen molar-refractivity contribution in [3.8, 4) is 9.88 Å². The van der Waals surface area contributed by atoms with Crippen LogP contribution in [0.1, 0.15) is 23.2 Å². The molecular formula is C17H15N5O3S2. The molecule has 138 valence electrons. The molecule has 0 aliphatic carbocycles. The number of carbonyl (C=O) groups excluding carboxylic acids is 1. The van der Waals surface area contributed by atoms with Crippen LogP contribution < -0.4 is 10.2 Å². The molecule has 0 unspecified atom stereocenters. The molecule has 1 saturated heterocycles. The molecule has 0 spiro atoms. The van der Waals surface area contributed by atoms with E-state index in [2.05, 4.69) is 15.5 Å². The second-order valence-corrected chi connectivity index (χ2v) is 7.92. The lowest BCUT2D eigenvalue weighted by molar-refractivity contribution is -0.384. The summed E-state index contributed by atoms with van der Waals surface area (Å²) in [6, 6.07) is 8.43. The maximum absolute atomic E-state index is 12.5. The third-order valence-corrected chi connectivity index (χ3v) is 6.14. The Kier molecular flexibility index (Phi) is 4.82. The van der Waals surface area contributed by atoms with Gasteiger partial charge in [0.05, 0.1) is 9.80 Å². The van der Waals surface area contributed by atoms with Crippen molar-refractivity contribution < 1.29 is 9.72 Å². The Morgan fingerprint density at radius 2 is 2.04 bits per heavy atom. The van der Waals surface area contributed by atoms with E-state index >= 15 is 0 Å². The Bertz CT molecular complexity index is 980. The van der Waals surface area contributed by atoms with Gasteiger partial charge >= 0.3 is 0 Å². The zero-order valence-corrected chi connectivity index (χ0v) is 15.8. The van der Waals surface area contributed by atoms with Gasteiger partial charge in [-0.1, -0.05) is 17.4 Å². The molecule has 0 bridgehead atoms. The quantitative estimate of drug-likeness (QED) is 0.512. The minimum absolute atomic E-state index is 0.0545. The number of hydrogen-bond acceptors (Lipinski definition) is 8. The van der Waals surface area contributed by atoms with Gasteiger partial charge in [-0.05, 0) is 36.4 Å². The van der Waals surface area contributed by atoms with Crippen molar-refractivity contribution in [2.45, 2.75) is 12.8 Å². The first-order chi connectivity index (χ1) is 13.1. The van der Waals surface area contributed by atoms with Crippen molar-refractivity contribution in [1.82, 2.24) is 10.2 Å². The fourth-order valence-corrected chi connectivity index (χ4v) is 4.51. The van der Waals surface area contributed by atoms with Gasteiger partial charge in [-0.2, -0.15) is 0 Å². The van der Waals surface area contributed by atoms with Gasteiger partial charge in [0.25, 0.3) is 11.6 Å². The molecule has 1 aliphatic heterocycles. The summed E-state index contributed by atoms with van der Waals surface area (Å²) >= 11 is 2.80. The number of nitrogens with one attached hydrogen (secondary N) is 1. The number of nitrogens with zero attached hydrogens (tertiary/aromatic N) is 4. The number of benzene rings is 1. The number of anilines is 2. The average Bonchev–Trinajstić information content (AvgIpc) is 3.42. The molecule has 1 amide bonds. The maximum Gasteiger partial charge on any atom is 0.293 e. The average molecular weight is 401 g/mol. The summed E-state index contributed by atoms with van der Waals surface area (Å²) in [7, 11) is 0. The van der Waals surface area contributed by atoms with E-state index in [-0.39, 0.29) is 11.3 Å². The highest BCUT2D eigenvalue weighted by Gasteiger charge is 2.24. The Hall–Kier alpha value is -2.85. The number of nitro benzene ring substituents is 1. The number of hydrogen-bond donors (Lipinski definition) is 1. The van der Waals surface area contributed by atoms with Crippen LogP contribution in [-0.2, 0) is 0 Å². The topological polar surface area (TPSA) is 101 Å². The molecule has 4 rings (SSSR count). The normalized spacial score (nSPS) is 13.7. The van der Waals surface area contributed by atoms with Gasteiger partial charge in [0.15, 0.2) is 5.01 Å². The molecule has 3 heterocycles. The molecule has 3 aromatic rings. The maximum atomic E-state index is 12.5. The Morgan fingerprint density at radius 1 is 1.22 bits per heavy atom. The van der Waals surface area contributed by atoms with Crippen LogP contribution in [0.25, 0.3) is 9.88 Å². The van der Waals surface area contributed by atoms with E-state index in [0.717, 1.165) is 35.8 Å². The van der Waals surface area contributed by atoms with E-state index < -0.39 is 10.8 Å². The van der Waals surface area contributed by atoms with Crippen LogP contribution in [0.4, 0.5) is 16.5 Å². The van der Waals surface area contributed by atoms with Crippen molar-refractivity contribution >= 4 is 45.1 Å². The number of carbonyl (C=O) groups is 1. The first-order valence-corrected chi connectivity index (χ1v) is 10.0. The lowest BCUT2D eigenvalue weighted by Gasteiger charge is -2.17. The predicted octanol–water partition coefficient (Wildman–Crippen LogP) is 4.03. The summed E-state index contributed by atoms with van der Waals surface area (Å²) in [5.41, 5.74) is 0.726. The van der Waals surface area contributed by atoms with E-state index in [1.165, 1.54) is 28.7 Å². The van der Waals surface area contributed by atoms with Crippen molar-refractivity contribution in [3.63, 3.8) is 0 Å². The zero-order valence-electron chi connectivity index (χ0n) is 14.1. The molecule has 1 N–H and O–H groups in total. The predicted molar refractivity (Wildman–Crippen MR) is 106 cm³/mol. The second kappa shape index (κ2) is 7.41. The summed E-state index contributed by atoms with van der Waals surface area (Å²) in [5.74, 6) is -0.444. The number of amides is 1. The molecule has 10 heteroatoms. The van der Waals surface area contributed by atoms with Crippen molar-refractivity contribution in [2.75, 3.05) is 23.3 Å². The van der Waals surface area contributed by atoms with Gasteiger partial charge < -0.3 is 4.90 Å². The second-order valence-electron chi connectivity index (χ2n) is 6.00. The molecule has 1 fully saturated rings. The smallest absolute Gasteiger partial charge is 0.293 e. The van der Waals surface area contributed by atoms with Gasteiger partial charge in [0.2, 0.25) is 5.13 Å². The summed E-state index contributed by atoms with van der Waals surface area (Å²) < 4.78 is 0. The largest absolute Gasteiger partial charge is 0.366 e. The third-order valence-electron chi connectivity index (χ3n) is 4.26. The molecule has 8 nitrogen and oxygen atoms in total. The number of aromatic nitrogens is 2. The Morgan fingerprint density at radius 3 is 2.74 bits per heavy atom. The standard InChI is InChI=1S/C17H15N5O3S2/c23-15(18-17-20-19-16(27-17)14-4-3-9-26-14)11-5-6-12(13(10-11)22(24)25)21-7-1-2-8-21/h3-6,9-10H,1-2,7-8H2,(H,18,20,23). The van der Waals surface area contributed by atoms with Crippen LogP contribution in [0.5, 0.6) is 0 Å². The van der Waals surface area contributed by atoms with Crippen LogP contribution in [0.3, 0.4) is 0 Å². The van der Waals surface area contributed by atoms with Gasteiger partial charge in [-0.25, -0.2) is 0 Å². The Balaban J connectivity index is 1.55. The van der Waals surface area contributed by atoms with Gasteiger partial charge in [-0.15, -0.1) is 21.5 Å². The van der Waals surface area contributed by atoms with Gasteiger partial charge in [-0.3, -0.25) is 20.2 Å². The molecule has 0 saturated carbocycles. The molecule has 0 radical (unpaired) electrons. The van der Waals surface area contributed by atoms with Crippen LogP contribution in [0.2, 0.25) is 0 Å². The molecule has 2 aromatic heterocycles. The molecular weight excluding hydrogens is 386 g/mol. The SMILES string of the molecule is O=C(Nc1nnc(-c2cccs2)s1)c1ccc(N2CCCC2)c([N+](=O)[O-])c1. The highest BCUT2D eigenvalue weighted by atomic mass is 32.1. The van der Waals surface area contributed by atoms with Crippen molar-refractivity contribution in [2.24, 2.45) is 0 Å². The number of nitro groups is 1. The van der Waals surface area contributed by atoms with Crippen LogP contribution >= 0.6 is 22.7 Å². The van der Waals surface area contributed by atoms with E-state index in [4.69, 9.17) is 0 Å². The fourth-order valence-electron chi connectivity index (χ4n) is 2.98.